The fourth-order valence-electron chi connectivity index (χ4n) is 0.186. The van der Waals surface area contributed by atoms with Crippen molar-refractivity contribution in [3.8, 4) is 0 Å². The molecule has 0 heterocycles. The monoisotopic (exact) mass is 282 g/mol. The highest BCUT2D eigenvalue weighted by Crippen LogP contribution is 2.11. The topological polar surface area (TPSA) is 163 Å². The molecule has 0 radical (unpaired) electrons. The van der Waals surface area contributed by atoms with E-state index in [-0.39, 0.29) is 24.5 Å². The predicted octanol–water partition coefficient (Wildman–Crippen LogP) is -1.05. The molecule has 0 amide bonds. The largest absolute Gasteiger partial charge is 0.425 e. The maximum atomic E-state index is 10.6. The summed E-state index contributed by atoms with van der Waals surface area (Å²) in [7, 11) is -4.58. The van der Waals surface area contributed by atoms with Crippen LogP contribution in [-0.4, -0.2) is 18.5 Å². The van der Waals surface area contributed by atoms with Gasteiger partial charge in [0.15, 0.2) is 34.5 Å². The third-order valence-electron chi connectivity index (χ3n) is 0.458. The van der Waals surface area contributed by atoms with Crippen molar-refractivity contribution in [2.45, 2.75) is 0 Å². The Balaban J connectivity index is 3.77. The van der Waals surface area contributed by atoms with Gasteiger partial charge in [0, 0.05) is 0 Å². The van der Waals surface area contributed by atoms with E-state index in [1.54, 1.807) is 0 Å². The Morgan fingerprint density at radius 2 is 1.33 bits per heavy atom. The van der Waals surface area contributed by atoms with Gasteiger partial charge in [0.2, 0.25) is 0 Å². The minimum atomic E-state index is -4.58. The van der Waals surface area contributed by atoms with Crippen molar-refractivity contribution in [3.63, 3.8) is 0 Å². The van der Waals surface area contributed by atoms with E-state index in [1.165, 1.54) is 9.66 Å². The van der Waals surface area contributed by atoms with E-state index in [1.807, 2.05) is 0 Å². The molecule has 88 valence electrons. The zero-order valence-corrected chi connectivity index (χ0v) is 8.83. The maximum Gasteiger partial charge on any atom is 0.425 e. The smallest absolute Gasteiger partial charge is 0.234 e. The second-order valence-electron chi connectivity index (χ2n) is 1.41. The number of hydrazine groups is 2. The lowest BCUT2D eigenvalue weighted by Crippen LogP contribution is -2.17. The number of nitrogens with one attached hydrogen (secondary N) is 2. The lowest BCUT2D eigenvalue weighted by molar-refractivity contribution is -0.517. The summed E-state index contributed by atoms with van der Waals surface area (Å²) in [5.41, 5.74) is 0. The predicted molar refractivity (Wildman–Crippen MR) is 46.5 cm³/mol. The van der Waals surface area contributed by atoms with E-state index < -0.39 is 20.5 Å². The lowest BCUT2D eigenvalue weighted by Gasteiger charge is -1.98. The first-order valence-corrected chi connectivity index (χ1v) is 5.40. The van der Waals surface area contributed by atoms with E-state index in [9.17, 15) is 28.6 Å². The van der Waals surface area contributed by atoms with Crippen LogP contribution in [0.1, 0.15) is 0 Å². The molecule has 0 spiro atoms. The molecule has 0 bridgehead atoms. The SMILES string of the molecule is O=[N+]([O-])NSOS(=O)(=O)OSN[N+](=O)[O-]. The van der Waals surface area contributed by atoms with Crippen LogP contribution in [0.5, 0.6) is 0 Å². The van der Waals surface area contributed by atoms with Gasteiger partial charge in [-0.3, -0.25) is 0 Å². The fourth-order valence-corrected chi connectivity index (χ4v) is 1.51. The summed E-state index contributed by atoms with van der Waals surface area (Å²) < 4.78 is 28.7. The zero-order chi connectivity index (χ0) is 11.9. The van der Waals surface area contributed by atoms with Crippen LogP contribution >= 0.6 is 24.5 Å². The molecule has 0 fully saturated rings. The summed E-state index contributed by atoms with van der Waals surface area (Å²) >= 11 is -0.492. The van der Waals surface area contributed by atoms with Crippen molar-refractivity contribution in [2.24, 2.45) is 0 Å². The van der Waals surface area contributed by atoms with Gasteiger partial charge in [-0.05, 0) is 0 Å². The summed E-state index contributed by atoms with van der Waals surface area (Å²) in [4.78, 5) is 21.9. The quantitative estimate of drug-likeness (QED) is 0.240. The van der Waals surface area contributed by atoms with Gasteiger partial charge in [0.1, 0.15) is 0 Å². The first-order valence-electron chi connectivity index (χ1n) is 2.59. The minimum Gasteiger partial charge on any atom is -0.234 e. The van der Waals surface area contributed by atoms with Gasteiger partial charge in [-0.2, -0.15) is 8.42 Å². The van der Waals surface area contributed by atoms with E-state index in [0.29, 0.717) is 0 Å². The standard InChI is InChI=1S/H2N4O8S3/c5-3(6)1-13-11-15(9,10)12-14-2-4(7)8/h1-2H. The summed E-state index contributed by atoms with van der Waals surface area (Å²) in [5.74, 6) is 0. The first-order chi connectivity index (χ1) is 6.83. The van der Waals surface area contributed by atoms with Crippen molar-refractivity contribution in [1.29, 1.82) is 0 Å². The third-order valence-corrected chi connectivity index (χ3v) is 2.78. The number of rotatable bonds is 8. The van der Waals surface area contributed by atoms with E-state index >= 15 is 0 Å². The van der Waals surface area contributed by atoms with Crippen molar-refractivity contribution < 1.29 is 25.7 Å². The van der Waals surface area contributed by atoms with Gasteiger partial charge in [-0.1, -0.05) is 9.66 Å². The fraction of sp³-hybridized carbons (Fsp3) is 0. The number of hydrogen-bond acceptors (Lipinski definition) is 10. The minimum absolute atomic E-state index is 0.246. The molecule has 0 aromatic rings. The Morgan fingerprint density at radius 1 is 1.00 bits per heavy atom. The molecule has 0 aromatic heterocycles. The molecule has 0 aliphatic carbocycles. The summed E-state index contributed by atoms with van der Waals surface area (Å²) in [6.45, 7) is 0. The molecule has 15 heteroatoms. The number of hydrogen-bond donors (Lipinski definition) is 2. The molecule has 0 saturated carbocycles. The summed E-state index contributed by atoms with van der Waals surface area (Å²) in [6.07, 6.45) is 0. The average Bonchev–Trinajstić information content (AvgIpc) is 2.01. The van der Waals surface area contributed by atoms with Gasteiger partial charge in [0.05, 0.1) is 0 Å². The van der Waals surface area contributed by atoms with Gasteiger partial charge in [-0.25, -0.2) is 20.2 Å². The molecule has 0 rings (SSSR count). The van der Waals surface area contributed by atoms with Crippen LogP contribution in [0.25, 0.3) is 0 Å². The van der Waals surface area contributed by atoms with Crippen LogP contribution in [0.3, 0.4) is 0 Å². The highest BCUT2D eigenvalue weighted by Gasteiger charge is 2.17. The highest BCUT2D eigenvalue weighted by molar-refractivity contribution is 8.06. The number of nitro groups is 2. The molecule has 0 atom stereocenters. The van der Waals surface area contributed by atoms with Crippen molar-refractivity contribution in [3.05, 3.63) is 20.2 Å². The van der Waals surface area contributed by atoms with Gasteiger partial charge >= 0.3 is 10.4 Å². The van der Waals surface area contributed by atoms with E-state index in [2.05, 4.69) is 7.26 Å². The van der Waals surface area contributed by atoms with Crippen LogP contribution in [-0.2, 0) is 17.7 Å². The second kappa shape index (κ2) is 6.45. The average molecular weight is 282 g/mol. The molecular formula is H2N4O8S3. The van der Waals surface area contributed by atoms with Gasteiger partial charge in [-0.15, -0.1) is 7.26 Å². The van der Waals surface area contributed by atoms with Crippen molar-refractivity contribution >= 4 is 34.9 Å². The van der Waals surface area contributed by atoms with E-state index in [4.69, 9.17) is 0 Å². The van der Waals surface area contributed by atoms with Crippen LogP contribution in [0.2, 0.25) is 0 Å². The number of nitrogens with zero attached hydrogens (tertiary/aromatic N) is 2. The first kappa shape index (κ1) is 14.0. The van der Waals surface area contributed by atoms with Crippen molar-refractivity contribution in [2.75, 3.05) is 0 Å². The van der Waals surface area contributed by atoms with Gasteiger partial charge < -0.3 is 0 Å². The van der Waals surface area contributed by atoms with Crippen LogP contribution in [0.15, 0.2) is 0 Å². The van der Waals surface area contributed by atoms with Crippen LogP contribution in [0.4, 0.5) is 0 Å². The van der Waals surface area contributed by atoms with Crippen molar-refractivity contribution in [1.82, 2.24) is 9.66 Å². The molecule has 12 nitrogen and oxygen atoms in total. The Hall–Kier alpha value is -1.03. The molecule has 15 heavy (non-hydrogen) atoms. The molecule has 0 unspecified atom stereocenters. The summed E-state index contributed by atoms with van der Waals surface area (Å²) in [6, 6.07) is 0. The van der Waals surface area contributed by atoms with Crippen LogP contribution < -0.4 is 9.66 Å². The zero-order valence-electron chi connectivity index (χ0n) is 6.39. The Kier molecular flexibility index (Phi) is 6.01. The third kappa shape index (κ3) is 9.28. The molecule has 0 aliphatic rings. The van der Waals surface area contributed by atoms with Crippen LogP contribution in [0, 0.1) is 20.2 Å². The normalized spacial score (nSPS) is 10.7. The highest BCUT2D eigenvalue weighted by atomic mass is 32.3. The molecule has 0 aliphatic heterocycles. The molecule has 0 saturated heterocycles. The summed E-state index contributed by atoms with van der Waals surface area (Å²) in [5, 5.41) is 17.1. The lowest BCUT2D eigenvalue weighted by atomic mass is 12.7. The molecule has 2 N–H and O–H groups in total. The molecular weight excluding hydrogens is 280 g/mol. The Bertz CT molecular complexity index is 295. The van der Waals surface area contributed by atoms with E-state index in [0.717, 1.165) is 0 Å². The maximum absolute atomic E-state index is 10.6. The Labute approximate surface area is 90.9 Å². The van der Waals surface area contributed by atoms with Gasteiger partial charge in [0.25, 0.3) is 0 Å². The Morgan fingerprint density at radius 3 is 1.60 bits per heavy atom. The second-order valence-corrected chi connectivity index (χ2v) is 4.01. The molecule has 0 aromatic carbocycles.